The number of carboxylic acids is 1. The fourth-order valence-electron chi connectivity index (χ4n) is 2.44. The molecule has 0 amide bonds. The molecular weight excluding hydrogens is 272 g/mol. The third kappa shape index (κ3) is 18.9. The van der Waals surface area contributed by atoms with Crippen molar-refractivity contribution in [3.8, 4) is 0 Å². The Morgan fingerprint density at radius 2 is 1.23 bits per heavy atom. The first kappa shape index (κ1) is 20.9. The monoisotopic (exact) mass is 308 g/mol. The summed E-state index contributed by atoms with van der Waals surface area (Å²) in [5.74, 6) is -0.673. The van der Waals surface area contributed by atoms with E-state index in [1.54, 1.807) is 0 Å². The van der Waals surface area contributed by atoms with Gasteiger partial charge in [0.05, 0.1) is 0 Å². The number of allylic oxidation sites excluding steroid dienone is 4. The molecule has 2 heteroatoms. The maximum absolute atomic E-state index is 10.3. The van der Waals surface area contributed by atoms with Crippen molar-refractivity contribution in [1.29, 1.82) is 0 Å². The Morgan fingerprint density at radius 1 is 0.727 bits per heavy atom. The minimum absolute atomic E-state index is 0.319. The SMILES string of the molecule is CCCCCCCC/C=C\C/C=C\CCCCCCC(=O)O. The lowest BCUT2D eigenvalue weighted by Crippen LogP contribution is -1.93. The van der Waals surface area contributed by atoms with Gasteiger partial charge in [0, 0.05) is 6.42 Å². The first-order chi connectivity index (χ1) is 10.8. The smallest absolute Gasteiger partial charge is 0.303 e. The predicted octanol–water partition coefficient (Wildman–Crippen LogP) is 6.66. The maximum atomic E-state index is 10.3. The maximum Gasteiger partial charge on any atom is 0.303 e. The van der Waals surface area contributed by atoms with Crippen molar-refractivity contribution in [3.05, 3.63) is 24.3 Å². The topological polar surface area (TPSA) is 37.3 Å². The van der Waals surface area contributed by atoms with Crippen molar-refractivity contribution in [2.24, 2.45) is 0 Å². The predicted molar refractivity (Wildman–Crippen MR) is 96.2 cm³/mol. The fraction of sp³-hybridized carbons (Fsp3) is 0.750. The van der Waals surface area contributed by atoms with Crippen molar-refractivity contribution in [2.45, 2.75) is 96.8 Å². The highest BCUT2D eigenvalue weighted by Crippen LogP contribution is 2.08. The van der Waals surface area contributed by atoms with Crippen molar-refractivity contribution in [2.75, 3.05) is 0 Å². The van der Waals surface area contributed by atoms with Crippen LogP contribution in [0.15, 0.2) is 24.3 Å². The van der Waals surface area contributed by atoms with Crippen LogP contribution in [0.3, 0.4) is 0 Å². The van der Waals surface area contributed by atoms with Crippen LogP contribution in [0.2, 0.25) is 0 Å². The molecule has 0 bridgehead atoms. The summed E-state index contributed by atoms with van der Waals surface area (Å²) in [6.07, 6.45) is 25.2. The highest BCUT2D eigenvalue weighted by molar-refractivity contribution is 5.66. The molecule has 0 rings (SSSR count). The van der Waals surface area contributed by atoms with Gasteiger partial charge >= 0.3 is 5.97 Å². The van der Waals surface area contributed by atoms with Gasteiger partial charge < -0.3 is 5.11 Å². The Balaban J connectivity index is 3.19. The van der Waals surface area contributed by atoms with Crippen LogP contribution in [0.5, 0.6) is 0 Å². The summed E-state index contributed by atoms with van der Waals surface area (Å²) in [7, 11) is 0. The van der Waals surface area contributed by atoms with E-state index in [1.807, 2.05) is 0 Å². The van der Waals surface area contributed by atoms with E-state index in [9.17, 15) is 4.79 Å². The van der Waals surface area contributed by atoms with Gasteiger partial charge in [0.1, 0.15) is 0 Å². The summed E-state index contributed by atoms with van der Waals surface area (Å²) >= 11 is 0. The lowest BCUT2D eigenvalue weighted by Gasteiger charge is -1.97. The lowest BCUT2D eigenvalue weighted by molar-refractivity contribution is -0.137. The molecule has 2 nitrogen and oxygen atoms in total. The van der Waals surface area contributed by atoms with E-state index in [1.165, 1.54) is 51.4 Å². The first-order valence-corrected chi connectivity index (χ1v) is 9.29. The van der Waals surface area contributed by atoms with Crippen molar-refractivity contribution in [3.63, 3.8) is 0 Å². The summed E-state index contributed by atoms with van der Waals surface area (Å²) in [5, 5.41) is 8.52. The highest BCUT2D eigenvalue weighted by atomic mass is 16.4. The van der Waals surface area contributed by atoms with Crippen molar-refractivity contribution >= 4 is 5.97 Å². The van der Waals surface area contributed by atoms with E-state index in [2.05, 4.69) is 31.2 Å². The molecule has 0 aliphatic heterocycles. The highest BCUT2D eigenvalue weighted by Gasteiger charge is 1.95. The van der Waals surface area contributed by atoms with Crippen molar-refractivity contribution in [1.82, 2.24) is 0 Å². The molecule has 0 aromatic heterocycles. The molecule has 0 fully saturated rings. The minimum atomic E-state index is -0.673. The Bertz CT molecular complexity index is 292. The van der Waals surface area contributed by atoms with Crippen LogP contribution in [0.25, 0.3) is 0 Å². The molecule has 1 N–H and O–H groups in total. The van der Waals surface area contributed by atoms with Gasteiger partial charge in [-0.05, 0) is 38.5 Å². The molecule has 0 aliphatic rings. The van der Waals surface area contributed by atoms with Crippen LogP contribution >= 0.6 is 0 Å². The summed E-state index contributed by atoms with van der Waals surface area (Å²) in [5.41, 5.74) is 0. The van der Waals surface area contributed by atoms with Gasteiger partial charge in [0.2, 0.25) is 0 Å². The average molecular weight is 309 g/mol. The minimum Gasteiger partial charge on any atom is -0.481 e. The number of carbonyl (C=O) groups is 1. The summed E-state index contributed by atoms with van der Waals surface area (Å²) < 4.78 is 0. The second-order valence-electron chi connectivity index (χ2n) is 6.08. The molecular formula is C20H36O2. The molecule has 0 aliphatic carbocycles. The summed E-state index contributed by atoms with van der Waals surface area (Å²) in [6.45, 7) is 2.26. The van der Waals surface area contributed by atoms with E-state index in [0.29, 0.717) is 6.42 Å². The van der Waals surface area contributed by atoms with E-state index in [-0.39, 0.29) is 0 Å². The second-order valence-corrected chi connectivity index (χ2v) is 6.08. The van der Waals surface area contributed by atoms with Crippen LogP contribution in [0, 0.1) is 0 Å². The zero-order chi connectivity index (χ0) is 16.3. The average Bonchev–Trinajstić information content (AvgIpc) is 2.50. The normalized spacial score (nSPS) is 11.7. The van der Waals surface area contributed by atoms with E-state index in [0.717, 1.165) is 32.1 Å². The number of rotatable bonds is 16. The third-order valence-electron chi connectivity index (χ3n) is 3.84. The molecule has 0 aromatic rings. The Morgan fingerprint density at radius 3 is 1.77 bits per heavy atom. The first-order valence-electron chi connectivity index (χ1n) is 9.29. The fourth-order valence-corrected chi connectivity index (χ4v) is 2.44. The van der Waals surface area contributed by atoms with Crippen LogP contribution in [-0.2, 0) is 4.79 Å². The van der Waals surface area contributed by atoms with Crippen LogP contribution in [0.4, 0.5) is 0 Å². The van der Waals surface area contributed by atoms with E-state index < -0.39 is 5.97 Å². The molecule has 0 aromatic carbocycles. The van der Waals surface area contributed by atoms with Gasteiger partial charge in [-0.1, -0.05) is 76.2 Å². The number of hydrogen-bond donors (Lipinski definition) is 1. The Kier molecular flexibility index (Phi) is 17.1. The lowest BCUT2D eigenvalue weighted by atomic mass is 10.1. The van der Waals surface area contributed by atoms with Gasteiger partial charge in [-0.2, -0.15) is 0 Å². The third-order valence-corrected chi connectivity index (χ3v) is 3.84. The van der Waals surface area contributed by atoms with Gasteiger partial charge in [0.25, 0.3) is 0 Å². The summed E-state index contributed by atoms with van der Waals surface area (Å²) in [4.78, 5) is 10.3. The Labute approximate surface area is 137 Å². The molecule has 0 unspecified atom stereocenters. The second kappa shape index (κ2) is 18.0. The van der Waals surface area contributed by atoms with Crippen LogP contribution in [-0.4, -0.2) is 11.1 Å². The quantitative estimate of drug-likeness (QED) is 0.255. The molecule has 0 saturated heterocycles. The van der Waals surface area contributed by atoms with Crippen LogP contribution < -0.4 is 0 Å². The largest absolute Gasteiger partial charge is 0.481 e. The zero-order valence-corrected chi connectivity index (χ0v) is 14.6. The van der Waals surface area contributed by atoms with Gasteiger partial charge in [-0.25, -0.2) is 0 Å². The van der Waals surface area contributed by atoms with Crippen LogP contribution in [0.1, 0.15) is 96.8 Å². The van der Waals surface area contributed by atoms with Crippen molar-refractivity contribution < 1.29 is 9.90 Å². The molecule has 0 atom stereocenters. The summed E-state index contributed by atoms with van der Waals surface area (Å²) in [6, 6.07) is 0. The molecule has 0 spiro atoms. The molecule has 0 radical (unpaired) electrons. The van der Waals surface area contributed by atoms with E-state index >= 15 is 0 Å². The molecule has 0 saturated carbocycles. The number of unbranched alkanes of at least 4 members (excludes halogenated alkanes) is 10. The molecule has 128 valence electrons. The zero-order valence-electron chi connectivity index (χ0n) is 14.6. The van der Waals surface area contributed by atoms with Gasteiger partial charge in [-0.3, -0.25) is 4.79 Å². The number of hydrogen-bond acceptors (Lipinski definition) is 1. The molecule has 0 heterocycles. The van der Waals surface area contributed by atoms with Gasteiger partial charge in [0.15, 0.2) is 0 Å². The van der Waals surface area contributed by atoms with E-state index in [4.69, 9.17) is 5.11 Å². The number of aliphatic carboxylic acids is 1. The Hall–Kier alpha value is -1.05. The standard InChI is InChI=1S/C20H36O2/c1-2-3-4-5-6-7-8-9-10-11-12-13-14-15-16-17-18-19-20(21)22/h9-10,12-13H,2-8,11,14-19H2,1H3,(H,21,22)/b10-9-,13-12-. The molecule has 22 heavy (non-hydrogen) atoms. The number of carboxylic acid groups (broad SMARTS) is 1. The van der Waals surface area contributed by atoms with Gasteiger partial charge in [-0.15, -0.1) is 0 Å².